The number of carbonyl (C=O) groups is 1. The smallest absolute Gasteiger partial charge is 0.237 e. The van der Waals surface area contributed by atoms with E-state index in [1.807, 2.05) is 58.2 Å². The van der Waals surface area contributed by atoms with Crippen molar-refractivity contribution in [1.82, 2.24) is 20.4 Å². The van der Waals surface area contributed by atoms with Crippen molar-refractivity contribution < 1.29 is 4.79 Å². The highest BCUT2D eigenvalue weighted by atomic mass is 16.2. The number of amides is 1. The number of hydrogen-bond acceptors (Lipinski definition) is 3. The van der Waals surface area contributed by atoms with Crippen molar-refractivity contribution in [2.75, 3.05) is 13.6 Å². The van der Waals surface area contributed by atoms with E-state index < -0.39 is 0 Å². The van der Waals surface area contributed by atoms with Gasteiger partial charge in [-0.2, -0.15) is 5.10 Å². The van der Waals surface area contributed by atoms with E-state index in [0.717, 1.165) is 29.9 Å². The molecule has 1 unspecified atom stereocenters. The fourth-order valence-corrected chi connectivity index (χ4v) is 2.56. The molecule has 0 bridgehead atoms. The Morgan fingerprint density at radius 2 is 2.00 bits per heavy atom. The molecule has 1 heterocycles. The van der Waals surface area contributed by atoms with E-state index >= 15 is 0 Å². The Bertz CT molecular complexity index is 616. The van der Waals surface area contributed by atoms with Gasteiger partial charge >= 0.3 is 0 Å². The largest absolute Gasteiger partial charge is 0.351 e. The van der Waals surface area contributed by atoms with Crippen molar-refractivity contribution in [3.63, 3.8) is 0 Å². The van der Waals surface area contributed by atoms with Crippen molar-refractivity contribution in [3.05, 3.63) is 52.8 Å². The molecule has 1 aromatic heterocycles. The molecule has 0 saturated carbocycles. The Labute approximate surface area is 138 Å². The predicted octanol–water partition coefficient (Wildman–Crippen LogP) is 2.21. The lowest BCUT2D eigenvalue weighted by atomic mass is 10.1. The maximum Gasteiger partial charge on any atom is 0.237 e. The minimum absolute atomic E-state index is 0.0528. The molecule has 1 amide bonds. The summed E-state index contributed by atoms with van der Waals surface area (Å²) in [5.74, 6) is 0.0528. The van der Waals surface area contributed by atoms with E-state index in [2.05, 4.69) is 20.4 Å². The molecule has 0 saturated heterocycles. The van der Waals surface area contributed by atoms with Crippen LogP contribution >= 0.6 is 0 Å². The first-order valence-corrected chi connectivity index (χ1v) is 8.01. The molecule has 124 valence electrons. The van der Waals surface area contributed by atoms with E-state index in [-0.39, 0.29) is 11.9 Å². The van der Waals surface area contributed by atoms with Crippen LogP contribution in [-0.2, 0) is 17.8 Å². The second-order valence-corrected chi connectivity index (χ2v) is 6.02. The number of hydrogen-bond donors (Lipinski definition) is 2. The molecule has 0 aliphatic carbocycles. The molecule has 0 aliphatic heterocycles. The van der Waals surface area contributed by atoms with Gasteiger partial charge in [0.2, 0.25) is 5.91 Å². The average molecular weight is 314 g/mol. The zero-order valence-corrected chi connectivity index (χ0v) is 14.4. The van der Waals surface area contributed by atoms with Crippen molar-refractivity contribution >= 4 is 5.91 Å². The van der Waals surface area contributed by atoms with Gasteiger partial charge in [-0.25, -0.2) is 0 Å². The first-order chi connectivity index (χ1) is 11.0. The van der Waals surface area contributed by atoms with Gasteiger partial charge in [-0.1, -0.05) is 30.3 Å². The van der Waals surface area contributed by atoms with E-state index in [0.29, 0.717) is 6.54 Å². The summed E-state index contributed by atoms with van der Waals surface area (Å²) in [6, 6.07) is 9.80. The molecule has 2 aromatic rings. The summed E-state index contributed by atoms with van der Waals surface area (Å²) in [5, 5.41) is 10.2. The second-order valence-electron chi connectivity index (χ2n) is 6.02. The van der Waals surface area contributed by atoms with Gasteiger partial charge in [-0.3, -0.25) is 14.8 Å². The van der Waals surface area contributed by atoms with E-state index in [4.69, 9.17) is 0 Å². The minimum Gasteiger partial charge on any atom is -0.351 e. The fourth-order valence-electron chi connectivity index (χ4n) is 2.56. The Kier molecular flexibility index (Phi) is 5.93. The maximum atomic E-state index is 12.3. The number of carbonyl (C=O) groups excluding carboxylic acids is 1. The molecule has 2 N–H and O–H groups in total. The van der Waals surface area contributed by atoms with Gasteiger partial charge in [-0.05, 0) is 45.4 Å². The molecule has 1 atom stereocenters. The van der Waals surface area contributed by atoms with Gasteiger partial charge in [0.15, 0.2) is 0 Å². The predicted molar refractivity (Wildman–Crippen MR) is 92.1 cm³/mol. The molecular weight excluding hydrogens is 288 g/mol. The monoisotopic (exact) mass is 314 g/mol. The second kappa shape index (κ2) is 7.92. The minimum atomic E-state index is -0.161. The Morgan fingerprint density at radius 3 is 2.61 bits per heavy atom. The lowest BCUT2D eigenvalue weighted by Crippen LogP contribution is -2.43. The summed E-state index contributed by atoms with van der Waals surface area (Å²) in [6.07, 6.45) is 0.890. The Balaban J connectivity index is 1.81. The zero-order chi connectivity index (χ0) is 16.8. The van der Waals surface area contributed by atoms with E-state index in [1.165, 1.54) is 5.56 Å². The van der Waals surface area contributed by atoms with Gasteiger partial charge in [-0.15, -0.1) is 0 Å². The molecule has 23 heavy (non-hydrogen) atoms. The normalized spacial score (nSPS) is 12.4. The number of rotatable bonds is 7. The number of aromatic nitrogens is 2. The first kappa shape index (κ1) is 17.2. The van der Waals surface area contributed by atoms with E-state index in [9.17, 15) is 4.79 Å². The zero-order valence-electron chi connectivity index (χ0n) is 14.4. The highest BCUT2D eigenvalue weighted by molar-refractivity contribution is 5.81. The maximum absolute atomic E-state index is 12.3. The van der Waals surface area contributed by atoms with Gasteiger partial charge < -0.3 is 5.32 Å². The lowest BCUT2D eigenvalue weighted by molar-refractivity contribution is -0.125. The third kappa shape index (κ3) is 4.66. The number of nitrogens with one attached hydrogen (secondary N) is 2. The summed E-state index contributed by atoms with van der Waals surface area (Å²) < 4.78 is 0. The van der Waals surface area contributed by atoms with Crippen molar-refractivity contribution in [1.29, 1.82) is 0 Å². The number of H-pyrrole nitrogens is 1. The quantitative estimate of drug-likeness (QED) is 0.823. The van der Waals surface area contributed by atoms with E-state index in [1.54, 1.807) is 0 Å². The highest BCUT2D eigenvalue weighted by Gasteiger charge is 2.18. The topological polar surface area (TPSA) is 61.0 Å². The summed E-state index contributed by atoms with van der Waals surface area (Å²) >= 11 is 0. The Morgan fingerprint density at radius 1 is 1.30 bits per heavy atom. The van der Waals surface area contributed by atoms with Crippen molar-refractivity contribution in [3.8, 4) is 0 Å². The molecule has 0 radical (unpaired) electrons. The van der Waals surface area contributed by atoms with Crippen LogP contribution in [0.25, 0.3) is 0 Å². The fraction of sp³-hybridized carbons (Fsp3) is 0.444. The first-order valence-electron chi connectivity index (χ1n) is 8.01. The molecule has 1 aromatic carbocycles. The molecule has 0 fully saturated rings. The molecule has 0 aliphatic rings. The van der Waals surface area contributed by atoms with Gasteiger partial charge in [0.25, 0.3) is 0 Å². The van der Waals surface area contributed by atoms with Crippen molar-refractivity contribution in [2.24, 2.45) is 0 Å². The SMILES string of the molecule is Cc1n[nH]c(C)c1CCN(C)C(C)C(=O)NCc1ccccc1. The van der Waals surface area contributed by atoms with Crippen LogP contribution in [0.2, 0.25) is 0 Å². The summed E-state index contributed by atoms with van der Waals surface area (Å²) in [6.45, 7) is 7.37. The summed E-state index contributed by atoms with van der Waals surface area (Å²) in [4.78, 5) is 14.4. The molecule has 2 rings (SSSR count). The van der Waals surface area contributed by atoms with Crippen LogP contribution in [0, 0.1) is 13.8 Å². The van der Waals surface area contributed by atoms with Gasteiger partial charge in [0, 0.05) is 18.8 Å². The highest BCUT2D eigenvalue weighted by Crippen LogP contribution is 2.11. The third-order valence-electron chi connectivity index (χ3n) is 4.35. The third-order valence-corrected chi connectivity index (χ3v) is 4.35. The molecule has 5 heteroatoms. The number of nitrogens with zero attached hydrogens (tertiary/aromatic N) is 2. The van der Waals surface area contributed by atoms with Crippen LogP contribution in [0.15, 0.2) is 30.3 Å². The van der Waals surface area contributed by atoms with Gasteiger partial charge in [0.05, 0.1) is 11.7 Å². The molecular formula is C18H26N4O. The van der Waals surface area contributed by atoms with Crippen LogP contribution in [0.5, 0.6) is 0 Å². The Hall–Kier alpha value is -2.14. The number of likely N-dealkylation sites (N-methyl/N-ethyl adjacent to an activating group) is 1. The van der Waals surface area contributed by atoms with Crippen LogP contribution < -0.4 is 5.32 Å². The van der Waals surface area contributed by atoms with Crippen LogP contribution in [0.1, 0.15) is 29.4 Å². The molecule has 5 nitrogen and oxygen atoms in total. The number of benzene rings is 1. The lowest BCUT2D eigenvalue weighted by Gasteiger charge is -2.24. The standard InChI is InChI=1S/C18H26N4O/c1-13-17(14(2)21-20-13)10-11-22(4)15(3)18(23)19-12-16-8-6-5-7-9-16/h5-9,15H,10-12H2,1-4H3,(H,19,23)(H,20,21). The number of aromatic amines is 1. The molecule has 0 spiro atoms. The summed E-state index contributed by atoms with van der Waals surface area (Å²) in [5.41, 5.74) is 4.50. The summed E-state index contributed by atoms with van der Waals surface area (Å²) in [7, 11) is 1.98. The number of aryl methyl sites for hydroxylation is 2. The van der Waals surface area contributed by atoms with Crippen LogP contribution in [-0.4, -0.2) is 40.6 Å². The van der Waals surface area contributed by atoms with Crippen LogP contribution in [0.4, 0.5) is 0 Å². The average Bonchev–Trinajstić information content (AvgIpc) is 2.89. The van der Waals surface area contributed by atoms with Crippen molar-refractivity contribution in [2.45, 2.75) is 39.8 Å². The van der Waals surface area contributed by atoms with Crippen LogP contribution in [0.3, 0.4) is 0 Å². The van der Waals surface area contributed by atoms with Gasteiger partial charge in [0.1, 0.15) is 0 Å².